The Hall–Kier alpha value is -2.95. The van der Waals surface area contributed by atoms with Gasteiger partial charge in [0.05, 0.1) is 10.5 Å². The van der Waals surface area contributed by atoms with Gasteiger partial charge in [0.25, 0.3) is 5.69 Å². The number of hydrogen-bond acceptors (Lipinski definition) is 3. The van der Waals surface area contributed by atoms with Crippen molar-refractivity contribution in [2.75, 3.05) is 0 Å². The van der Waals surface area contributed by atoms with Crippen molar-refractivity contribution in [1.82, 2.24) is 0 Å². The lowest BCUT2D eigenvalue weighted by molar-refractivity contribution is -0.384. The molecule has 0 saturated heterocycles. The minimum atomic E-state index is -1.04. The number of aliphatic carboxylic acids is 1. The number of aryl methyl sites for hydroxylation is 2. The number of rotatable bonds is 4. The SMILES string of the molecule is Cc1ccc(C)c(/C(=C/c2ccc([N+](=O)[O-])cc2)C(=O)O)c1. The van der Waals surface area contributed by atoms with Crippen molar-refractivity contribution in [3.8, 4) is 0 Å². The summed E-state index contributed by atoms with van der Waals surface area (Å²) in [7, 11) is 0. The summed E-state index contributed by atoms with van der Waals surface area (Å²) in [6.07, 6.45) is 1.52. The molecule has 0 unspecified atom stereocenters. The number of nitro benzene ring substituents is 1. The second kappa shape index (κ2) is 6.22. The third-order valence-electron chi connectivity index (χ3n) is 3.33. The van der Waals surface area contributed by atoms with Crippen LogP contribution in [0.3, 0.4) is 0 Å². The van der Waals surface area contributed by atoms with Crippen LogP contribution in [0.1, 0.15) is 22.3 Å². The highest BCUT2D eigenvalue weighted by atomic mass is 16.6. The van der Waals surface area contributed by atoms with Gasteiger partial charge in [-0.25, -0.2) is 4.79 Å². The summed E-state index contributed by atoms with van der Waals surface area (Å²) in [5.41, 5.74) is 3.21. The molecule has 0 fully saturated rings. The molecule has 112 valence electrons. The van der Waals surface area contributed by atoms with Gasteiger partial charge in [0.15, 0.2) is 0 Å². The first-order chi connectivity index (χ1) is 10.4. The van der Waals surface area contributed by atoms with E-state index in [1.165, 1.54) is 30.3 Å². The first kappa shape index (κ1) is 15.4. The summed E-state index contributed by atoms with van der Waals surface area (Å²) < 4.78 is 0. The van der Waals surface area contributed by atoms with Gasteiger partial charge in [0.1, 0.15) is 0 Å². The molecule has 1 N–H and O–H groups in total. The summed E-state index contributed by atoms with van der Waals surface area (Å²) in [6.45, 7) is 3.75. The number of hydrogen-bond donors (Lipinski definition) is 1. The largest absolute Gasteiger partial charge is 0.478 e. The molecule has 2 rings (SSSR count). The molecule has 5 heteroatoms. The van der Waals surface area contributed by atoms with E-state index in [1.54, 1.807) is 0 Å². The van der Waals surface area contributed by atoms with E-state index in [-0.39, 0.29) is 11.3 Å². The van der Waals surface area contributed by atoms with Crippen LogP contribution in [0.4, 0.5) is 5.69 Å². The lowest BCUT2D eigenvalue weighted by atomic mass is 9.96. The Labute approximate surface area is 127 Å². The Morgan fingerprint density at radius 3 is 2.32 bits per heavy atom. The molecule has 0 radical (unpaired) electrons. The maximum Gasteiger partial charge on any atom is 0.336 e. The fourth-order valence-corrected chi connectivity index (χ4v) is 2.14. The molecule has 0 heterocycles. The first-order valence-corrected chi connectivity index (χ1v) is 6.65. The molecule has 0 bridgehead atoms. The molecule has 0 aliphatic heterocycles. The molecular weight excluding hydrogens is 282 g/mol. The van der Waals surface area contributed by atoms with Crippen molar-refractivity contribution in [2.45, 2.75) is 13.8 Å². The van der Waals surface area contributed by atoms with Crippen molar-refractivity contribution in [3.05, 3.63) is 74.8 Å². The Bertz CT molecular complexity index is 761. The normalized spacial score (nSPS) is 11.3. The van der Waals surface area contributed by atoms with Gasteiger partial charge < -0.3 is 5.11 Å². The van der Waals surface area contributed by atoms with Gasteiger partial charge in [-0.15, -0.1) is 0 Å². The second-order valence-corrected chi connectivity index (χ2v) is 5.03. The van der Waals surface area contributed by atoms with E-state index in [2.05, 4.69) is 0 Å². The molecule has 0 amide bonds. The number of benzene rings is 2. The average molecular weight is 297 g/mol. The molecule has 0 aliphatic rings. The Morgan fingerprint density at radius 2 is 1.77 bits per heavy atom. The zero-order chi connectivity index (χ0) is 16.3. The van der Waals surface area contributed by atoms with Crippen LogP contribution in [-0.2, 0) is 4.79 Å². The van der Waals surface area contributed by atoms with E-state index >= 15 is 0 Å². The van der Waals surface area contributed by atoms with Crippen LogP contribution in [0.15, 0.2) is 42.5 Å². The Kier molecular flexibility index (Phi) is 4.36. The predicted octanol–water partition coefficient (Wildman–Crippen LogP) is 3.84. The smallest absolute Gasteiger partial charge is 0.336 e. The second-order valence-electron chi connectivity index (χ2n) is 5.03. The molecule has 0 aliphatic carbocycles. The van der Waals surface area contributed by atoms with Crippen LogP contribution in [0.25, 0.3) is 11.6 Å². The van der Waals surface area contributed by atoms with Crippen LogP contribution in [-0.4, -0.2) is 16.0 Å². The number of carboxylic acid groups (broad SMARTS) is 1. The first-order valence-electron chi connectivity index (χ1n) is 6.65. The monoisotopic (exact) mass is 297 g/mol. The van der Waals surface area contributed by atoms with E-state index in [1.807, 2.05) is 32.0 Å². The van der Waals surface area contributed by atoms with Gasteiger partial charge >= 0.3 is 5.97 Å². The number of carbonyl (C=O) groups is 1. The molecule has 0 spiro atoms. The van der Waals surface area contributed by atoms with Crippen LogP contribution < -0.4 is 0 Å². The van der Waals surface area contributed by atoms with Gasteiger partial charge in [-0.3, -0.25) is 10.1 Å². The summed E-state index contributed by atoms with van der Waals surface area (Å²) in [5.74, 6) is -1.04. The summed E-state index contributed by atoms with van der Waals surface area (Å²) in [4.78, 5) is 21.7. The highest BCUT2D eigenvalue weighted by Crippen LogP contribution is 2.24. The predicted molar refractivity (Wildman–Crippen MR) is 84.5 cm³/mol. The minimum absolute atomic E-state index is 0.0271. The van der Waals surface area contributed by atoms with Crippen molar-refractivity contribution in [2.24, 2.45) is 0 Å². The lowest BCUT2D eigenvalue weighted by Crippen LogP contribution is -2.02. The summed E-state index contributed by atoms with van der Waals surface area (Å²) in [5, 5.41) is 20.1. The van der Waals surface area contributed by atoms with Gasteiger partial charge in [0, 0.05) is 12.1 Å². The third-order valence-corrected chi connectivity index (χ3v) is 3.33. The van der Waals surface area contributed by atoms with E-state index in [0.717, 1.165) is 11.1 Å². The van der Waals surface area contributed by atoms with Crippen molar-refractivity contribution in [3.63, 3.8) is 0 Å². The number of nitrogens with zero attached hydrogens (tertiary/aromatic N) is 1. The maximum absolute atomic E-state index is 11.6. The van der Waals surface area contributed by atoms with Crippen molar-refractivity contribution >= 4 is 23.3 Å². The molecular formula is C17H15NO4. The number of non-ortho nitro benzene ring substituents is 1. The topological polar surface area (TPSA) is 80.4 Å². The maximum atomic E-state index is 11.6. The summed E-state index contributed by atoms with van der Waals surface area (Å²) in [6, 6.07) is 11.4. The quantitative estimate of drug-likeness (QED) is 0.402. The van der Waals surface area contributed by atoms with E-state index in [4.69, 9.17) is 0 Å². The van der Waals surface area contributed by atoms with Crippen LogP contribution in [0, 0.1) is 24.0 Å². The highest BCUT2D eigenvalue weighted by molar-refractivity contribution is 6.21. The molecule has 2 aromatic rings. The van der Waals surface area contributed by atoms with Crippen LogP contribution in [0.5, 0.6) is 0 Å². The lowest BCUT2D eigenvalue weighted by Gasteiger charge is -2.08. The van der Waals surface area contributed by atoms with Crippen LogP contribution >= 0.6 is 0 Å². The van der Waals surface area contributed by atoms with Gasteiger partial charge in [0.2, 0.25) is 0 Å². The fraction of sp³-hybridized carbons (Fsp3) is 0.118. The molecule has 0 saturated carbocycles. The Balaban J connectivity index is 2.49. The van der Waals surface area contributed by atoms with Crippen molar-refractivity contribution in [1.29, 1.82) is 0 Å². The zero-order valence-electron chi connectivity index (χ0n) is 12.2. The minimum Gasteiger partial charge on any atom is -0.478 e. The van der Waals surface area contributed by atoms with E-state index in [9.17, 15) is 20.0 Å². The third kappa shape index (κ3) is 3.38. The molecule has 2 aromatic carbocycles. The van der Waals surface area contributed by atoms with E-state index in [0.29, 0.717) is 11.1 Å². The number of carboxylic acids is 1. The molecule has 0 aromatic heterocycles. The van der Waals surface area contributed by atoms with Crippen molar-refractivity contribution < 1.29 is 14.8 Å². The van der Waals surface area contributed by atoms with Gasteiger partial charge in [-0.2, -0.15) is 0 Å². The molecule has 0 atom stereocenters. The van der Waals surface area contributed by atoms with Gasteiger partial charge in [-0.05, 0) is 48.7 Å². The Morgan fingerprint density at radius 1 is 1.14 bits per heavy atom. The van der Waals surface area contributed by atoms with Gasteiger partial charge in [-0.1, -0.05) is 23.8 Å². The molecule has 22 heavy (non-hydrogen) atoms. The number of nitro groups is 1. The zero-order valence-corrected chi connectivity index (χ0v) is 12.2. The molecule has 5 nitrogen and oxygen atoms in total. The van der Waals surface area contributed by atoms with Crippen LogP contribution in [0.2, 0.25) is 0 Å². The van der Waals surface area contributed by atoms with E-state index < -0.39 is 10.9 Å². The fourth-order valence-electron chi connectivity index (χ4n) is 2.14. The highest BCUT2D eigenvalue weighted by Gasteiger charge is 2.13. The average Bonchev–Trinajstić information content (AvgIpc) is 2.47. The summed E-state index contributed by atoms with van der Waals surface area (Å²) >= 11 is 0. The standard InChI is InChI=1S/C17H15NO4/c1-11-3-4-12(2)15(9-11)16(17(19)20)10-13-5-7-14(8-6-13)18(21)22/h3-10H,1-2H3,(H,19,20)/b16-10-.